The van der Waals surface area contributed by atoms with Gasteiger partial charge in [-0.2, -0.15) is 0 Å². The molecule has 0 saturated carbocycles. The van der Waals surface area contributed by atoms with Gasteiger partial charge in [-0.05, 0) is 42.0 Å². The van der Waals surface area contributed by atoms with E-state index in [0.29, 0.717) is 33.3 Å². The SMILES string of the molecule is NCCOC(=O)c1ccc(-c2ccc(Cl)cc2Cl)cc1NC(=O)c1cc(O)c(C(=O)O)cc1C(=O)O. The first-order chi connectivity index (χ1) is 17.0. The molecule has 1 amide bonds. The number of carboxylic acids is 2. The van der Waals surface area contributed by atoms with Crippen LogP contribution in [0, 0.1) is 0 Å². The number of nitrogens with one attached hydrogen (secondary N) is 1. The normalized spacial score (nSPS) is 10.5. The summed E-state index contributed by atoms with van der Waals surface area (Å²) in [6, 6.07) is 10.4. The molecule has 0 aliphatic heterocycles. The van der Waals surface area contributed by atoms with E-state index in [1.54, 1.807) is 18.2 Å². The van der Waals surface area contributed by atoms with Crippen molar-refractivity contribution in [2.24, 2.45) is 5.73 Å². The standard InChI is InChI=1S/C24H18Cl2N2O8/c25-12-2-4-13(18(26)8-12)11-1-3-14(24(35)36-6-5-27)19(7-11)28-21(30)15-10-20(29)17(23(33)34)9-16(15)22(31)32/h1-4,7-10,29H,5-6,27H2,(H,28,30)(H,31,32)(H,33,34). The van der Waals surface area contributed by atoms with Gasteiger partial charge in [0.15, 0.2) is 0 Å². The van der Waals surface area contributed by atoms with E-state index in [-0.39, 0.29) is 24.4 Å². The molecule has 186 valence electrons. The smallest absolute Gasteiger partial charge is 0.340 e. The third-order valence-corrected chi connectivity index (χ3v) is 5.47. The molecule has 6 N–H and O–H groups in total. The van der Waals surface area contributed by atoms with E-state index in [1.165, 1.54) is 18.2 Å². The fourth-order valence-electron chi connectivity index (χ4n) is 3.26. The second-order valence-corrected chi connectivity index (χ2v) is 8.13. The summed E-state index contributed by atoms with van der Waals surface area (Å²) in [4.78, 5) is 48.6. The lowest BCUT2D eigenvalue weighted by atomic mass is 10.00. The van der Waals surface area contributed by atoms with Gasteiger partial charge in [0.05, 0.1) is 22.4 Å². The Morgan fingerprint density at radius 2 is 1.56 bits per heavy atom. The van der Waals surface area contributed by atoms with Crippen LogP contribution in [0.1, 0.15) is 41.4 Å². The van der Waals surface area contributed by atoms with Crippen LogP contribution in [0.4, 0.5) is 5.69 Å². The van der Waals surface area contributed by atoms with E-state index in [2.05, 4.69) is 5.32 Å². The fraction of sp³-hybridized carbons (Fsp3) is 0.0833. The van der Waals surface area contributed by atoms with E-state index < -0.39 is 46.3 Å². The number of hydrogen-bond donors (Lipinski definition) is 5. The molecule has 0 spiro atoms. The topological polar surface area (TPSA) is 176 Å². The number of carbonyl (C=O) groups excluding carboxylic acids is 2. The fourth-order valence-corrected chi connectivity index (χ4v) is 3.78. The van der Waals surface area contributed by atoms with Crippen molar-refractivity contribution < 1.29 is 39.2 Å². The van der Waals surface area contributed by atoms with Crippen molar-refractivity contribution in [3.8, 4) is 16.9 Å². The molecule has 10 nitrogen and oxygen atoms in total. The first kappa shape index (κ1) is 26.5. The van der Waals surface area contributed by atoms with Crippen molar-refractivity contribution in [1.29, 1.82) is 0 Å². The Morgan fingerprint density at radius 1 is 0.861 bits per heavy atom. The largest absolute Gasteiger partial charge is 0.507 e. The average Bonchev–Trinajstić information content (AvgIpc) is 2.81. The molecule has 12 heteroatoms. The second kappa shape index (κ2) is 11.1. The quantitative estimate of drug-likeness (QED) is 0.267. The van der Waals surface area contributed by atoms with Gasteiger partial charge < -0.3 is 31.1 Å². The number of carbonyl (C=O) groups is 4. The number of benzene rings is 3. The lowest BCUT2D eigenvalue weighted by Crippen LogP contribution is -2.20. The van der Waals surface area contributed by atoms with E-state index in [9.17, 15) is 29.4 Å². The minimum absolute atomic E-state index is 0.0586. The summed E-state index contributed by atoms with van der Waals surface area (Å²) < 4.78 is 5.06. The summed E-state index contributed by atoms with van der Waals surface area (Å²) in [6.07, 6.45) is 0. The van der Waals surface area contributed by atoms with Crippen LogP contribution in [0.5, 0.6) is 5.75 Å². The van der Waals surface area contributed by atoms with Crippen LogP contribution in [-0.4, -0.2) is 52.3 Å². The lowest BCUT2D eigenvalue weighted by molar-refractivity contribution is 0.0517. The summed E-state index contributed by atoms with van der Waals surface area (Å²) in [5.74, 6) is -5.85. The van der Waals surface area contributed by atoms with Crippen molar-refractivity contribution in [3.05, 3.63) is 80.8 Å². The number of rotatable bonds is 8. The van der Waals surface area contributed by atoms with Crippen LogP contribution in [-0.2, 0) is 4.74 Å². The maximum atomic E-state index is 13.1. The van der Waals surface area contributed by atoms with Crippen molar-refractivity contribution in [1.82, 2.24) is 0 Å². The highest BCUT2D eigenvalue weighted by molar-refractivity contribution is 6.36. The maximum Gasteiger partial charge on any atom is 0.340 e. The molecule has 3 aromatic rings. The Morgan fingerprint density at radius 3 is 2.17 bits per heavy atom. The van der Waals surface area contributed by atoms with Crippen LogP contribution in [0.25, 0.3) is 11.1 Å². The van der Waals surface area contributed by atoms with Crippen molar-refractivity contribution in [2.45, 2.75) is 0 Å². The van der Waals surface area contributed by atoms with Crippen LogP contribution in [0.2, 0.25) is 10.0 Å². The Kier molecular flexibility index (Phi) is 8.15. The lowest BCUT2D eigenvalue weighted by Gasteiger charge is -2.15. The summed E-state index contributed by atoms with van der Waals surface area (Å²) in [5, 5.41) is 31.8. The molecule has 0 aliphatic carbocycles. The molecule has 0 aromatic heterocycles. The molecule has 0 aliphatic rings. The molecule has 0 fully saturated rings. The van der Waals surface area contributed by atoms with Gasteiger partial charge in [0.25, 0.3) is 5.91 Å². The van der Waals surface area contributed by atoms with Gasteiger partial charge in [0.1, 0.15) is 17.9 Å². The molecule has 36 heavy (non-hydrogen) atoms. The average molecular weight is 533 g/mol. The molecule has 0 heterocycles. The van der Waals surface area contributed by atoms with Crippen molar-refractivity contribution in [3.63, 3.8) is 0 Å². The van der Waals surface area contributed by atoms with E-state index >= 15 is 0 Å². The van der Waals surface area contributed by atoms with E-state index in [0.717, 1.165) is 0 Å². The van der Waals surface area contributed by atoms with Gasteiger partial charge in [-0.15, -0.1) is 0 Å². The zero-order valence-electron chi connectivity index (χ0n) is 18.2. The number of amides is 1. The van der Waals surface area contributed by atoms with Gasteiger partial charge in [-0.25, -0.2) is 14.4 Å². The van der Waals surface area contributed by atoms with Crippen LogP contribution in [0.15, 0.2) is 48.5 Å². The number of aromatic hydroxyl groups is 1. The second-order valence-electron chi connectivity index (χ2n) is 7.29. The molecule has 0 radical (unpaired) electrons. The number of hydrogen-bond acceptors (Lipinski definition) is 7. The molecule has 0 bridgehead atoms. The number of aromatic carboxylic acids is 2. The molecular weight excluding hydrogens is 515 g/mol. The molecule has 0 saturated heterocycles. The number of halogens is 2. The summed E-state index contributed by atoms with van der Waals surface area (Å²) in [7, 11) is 0. The Bertz CT molecular complexity index is 1390. The van der Waals surface area contributed by atoms with Gasteiger partial charge in [0.2, 0.25) is 0 Å². The molecular formula is C24H18Cl2N2O8. The summed E-state index contributed by atoms with van der Waals surface area (Å²) >= 11 is 12.2. The zero-order valence-corrected chi connectivity index (χ0v) is 19.8. The molecule has 3 rings (SSSR count). The van der Waals surface area contributed by atoms with Gasteiger partial charge in [0, 0.05) is 22.2 Å². The summed E-state index contributed by atoms with van der Waals surface area (Å²) in [6.45, 7) is -0.0340. The van der Waals surface area contributed by atoms with Gasteiger partial charge >= 0.3 is 17.9 Å². The zero-order chi connectivity index (χ0) is 26.6. The first-order valence-corrected chi connectivity index (χ1v) is 10.9. The van der Waals surface area contributed by atoms with Crippen LogP contribution in [0.3, 0.4) is 0 Å². The van der Waals surface area contributed by atoms with Crippen molar-refractivity contribution in [2.75, 3.05) is 18.5 Å². The monoisotopic (exact) mass is 532 g/mol. The third-order valence-electron chi connectivity index (χ3n) is 4.92. The number of carboxylic acid groups (broad SMARTS) is 2. The highest BCUT2D eigenvalue weighted by Crippen LogP contribution is 2.33. The Balaban J connectivity index is 2.11. The predicted molar refractivity (Wildman–Crippen MR) is 131 cm³/mol. The maximum absolute atomic E-state index is 13.1. The number of phenols is 1. The van der Waals surface area contributed by atoms with E-state index in [1.807, 2.05) is 0 Å². The number of anilines is 1. The molecule has 0 atom stereocenters. The predicted octanol–water partition coefficient (Wildman–Crippen LogP) is 4.13. The van der Waals surface area contributed by atoms with Gasteiger partial charge in [-0.3, -0.25) is 4.79 Å². The minimum atomic E-state index is -1.60. The first-order valence-electron chi connectivity index (χ1n) is 10.1. The Labute approximate surface area is 213 Å². The minimum Gasteiger partial charge on any atom is -0.507 e. The van der Waals surface area contributed by atoms with Crippen LogP contribution >= 0.6 is 23.2 Å². The Hall–Kier alpha value is -4.12. The number of ether oxygens (including phenoxy) is 1. The highest BCUT2D eigenvalue weighted by atomic mass is 35.5. The molecule has 0 unspecified atom stereocenters. The summed E-state index contributed by atoms with van der Waals surface area (Å²) in [5.41, 5.74) is 4.32. The van der Waals surface area contributed by atoms with E-state index in [4.69, 9.17) is 38.8 Å². The highest BCUT2D eigenvalue weighted by Gasteiger charge is 2.24. The molecule has 3 aromatic carbocycles. The number of nitrogens with two attached hydrogens (primary N) is 1. The van der Waals surface area contributed by atoms with Crippen LogP contribution < -0.4 is 11.1 Å². The number of esters is 1. The van der Waals surface area contributed by atoms with Gasteiger partial charge in [-0.1, -0.05) is 35.3 Å². The third kappa shape index (κ3) is 5.74. The van der Waals surface area contributed by atoms with Crippen molar-refractivity contribution >= 4 is 52.7 Å².